The molecule has 0 spiro atoms. The Hall–Kier alpha value is -2.47. The molecule has 25 heavy (non-hydrogen) atoms. The van der Waals surface area contributed by atoms with E-state index in [-0.39, 0.29) is 12.1 Å². The van der Waals surface area contributed by atoms with Gasteiger partial charge in [-0.05, 0) is 31.7 Å². The van der Waals surface area contributed by atoms with Crippen LogP contribution in [0, 0.1) is 5.92 Å². The molecule has 132 valence electrons. The van der Waals surface area contributed by atoms with Gasteiger partial charge in [0, 0.05) is 30.9 Å². The van der Waals surface area contributed by atoms with E-state index in [1.807, 2.05) is 43.3 Å². The molecule has 6 nitrogen and oxygen atoms in total. The Morgan fingerprint density at radius 2 is 2.08 bits per heavy atom. The van der Waals surface area contributed by atoms with Crippen molar-refractivity contribution in [3.63, 3.8) is 0 Å². The van der Waals surface area contributed by atoms with Gasteiger partial charge in [0.2, 0.25) is 0 Å². The molecule has 0 radical (unpaired) electrons. The van der Waals surface area contributed by atoms with Gasteiger partial charge in [0.1, 0.15) is 0 Å². The van der Waals surface area contributed by atoms with E-state index < -0.39 is 0 Å². The first-order chi connectivity index (χ1) is 12.3. The van der Waals surface area contributed by atoms with Gasteiger partial charge in [-0.1, -0.05) is 30.3 Å². The fourth-order valence-electron chi connectivity index (χ4n) is 2.73. The number of aromatic nitrogens is 2. The van der Waals surface area contributed by atoms with Crippen molar-refractivity contribution in [2.75, 3.05) is 13.2 Å². The lowest BCUT2D eigenvalue weighted by atomic mass is 10.2. The maximum absolute atomic E-state index is 11.6. The molecule has 3 rings (SSSR count). The zero-order chi connectivity index (χ0) is 17.5. The molecule has 0 aliphatic heterocycles. The summed E-state index contributed by atoms with van der Waals surface area (Å²) < 4.78 is 4.98. The average Bonchev–Trinajstić information content (AvgIpc) is 3.47. The maximum Gasteiger partial charge on any atom is 0.407 e. The van der Waals surface area contributed by atoms with Crippen LogP contribution >= 0.6 is 0 Å². The average molecular weight is 340 g/mol. The van der Waals surface area contributed by atoms with Crippen LogP contribution in [0.2, 0.25) is 0 Å². The molecule has 6 heteroatoms. The van der Waals surface area contributed by atoms with Crippen molar-refractivity contribution in [3.05, 3.63) is 48.3 Å². The number of carbonyl (C=O) groups is 1. The zero-order valence-corrected chi connectivity index (χ0v) is 14.4. The molecule has 0 saturated heterocycles. The number of hydrogen-bond acceptors (Lipinski definition) is 5. The molecule has 1 amide bonds. The molecular formula is C19H24N4O2. The highest BCUT2D eigenvalue weighted by Crippen LogP contribution is 2.32. The van der Waals surface area contributed by atoms with E-state index in [1.54, 1.807) is 6.20 Å². The SMILES string of the molecule is CCOC(=O)NC(CNCc1ccnc(-c2ccccc2)n1)C1CC1. The third kappa shape index (κ3) is 5.26. The van der Waals surface area contributed by atoms with Crippen LogP contribution in [0.15, 0.2) is 42.6 Å². The number of hydrogen-bond donors (Lipinski definition) is 2. The monoisotopic (exact) mass is 340 g/mol. The van der Waals surface area contributed by atoms with Gasteiger partial charge < -0.3 is 15.4 Å². The van der Waals surface area contributed by atoms with Gasteiger partial charge >= 0.3 is 6.09 Å². The van der Waals surface area contributed by atoms with Crippen molar-refractivity contribution < 1.29 is 9.53 Å². The van der Waals surface area contributed by atoms with Crippen LogP contribution in [-0.2, 0) is 11.3 Å². The van der Waals surface area contributed by atoms with Gasteiger partial charge in [0.15, 0.2) is 5.82 Å². The lowest BCUT2D eigenvalue weighted by molar-refractivity contribution is 0.146. The van der Waals surface area contributed by atoms with Crippen LogP contribution in [-0.4, -0.2) is 35.3 Å². The first-order valence-electron chi connectivity index (χ1n) is 8.77. The lowest BCUT2D eigenvalue weighted by Gasteiger charge is -2.18. The highest BCUT2D eigenvalue weighted by Gasteiger charge is 2.32. The van der Waals surface area contributed by atoms with Crippen LogP contribution in [0.1, 0.15) is 25.5 Å². The highest BCUT2D eigenvalue weighted by atomic mass is 16.5. The Morgan fingerprint density at radius 1 is 1.28 bits per heavy atom. The van der Waals surface area contributed by atoms with Crippen LogP contribution in [0.4, 0.5) is 4.79 Å². The van der Waals surface area contributed by atoms with Crippen LogP contribution in [0.25, 0.3) is 11.4 Å². The van der Waals surface area contributed by atoms with Crippen LogP contribution < -0.4 is 10.6 Å². The number of alkyl carbamates (subject to hydrolysis) is 1. The van der Waals surface area contributed by atoms with Crippen molar-refractivity contribution in [2.24, 2.45) is 5.92 Å². The molecular weight excluding hydrogens is 316 g/mol. The first kappa shape index (κ1) is 17.4. The number of nitrogens with zero attached hydrogens (tertiary/aromatic N) is 2. The van der Waals surface area contributed by atoms with Crippen LogP contribution in [0.5, 0.6) is 0 Å². The molecule has 1 aromatic carbocycles. The first-order valence-corrected chi connectivity index (χ1v) is 8.77. The summed E-state index contributed by atoms with van der Waals surface area (Å²) in [6, 6.07) is 11.9. The summed E-state index contributed by atoms with van der Waals surface area (Å²) >= 11 is 0. The standard InChI is InChI=1S/C19H24N4O2/c1-2-25-19(24)23-17(14-8-9-14)13-20-12-16-10-11-21-18(22-16)15-6-4-3-5-7-15/h3-7,10-11,14,17,20H,2,8-9,12-13H2,1H3,(H,23,24). The fraction of sp³-hybridized carbons (Fsp3) is 0.421. The Labute approximate surface area is 148 Å². The molecule has 1 heterocycles. The van der Waals surface area contributed by atoms with E-state index in [0.717, 1.165) is 29.9 Å². The number of amides is 1. The number of rotatable bonds is 8. The van der Waals surface area contributed by atoms with Gasteiger partial charge in [-0.3, -0.25) is 0 Å². The summed E-state index contributed by atoms with van der Waals surface area (Å²) in [6.45, 7) is 3.54. The summed E-state index contributed by atoms with van der Waals surface area (Å²) in [6.07, 6.45) is 3.76. The summed E-state index contributed by atoms with van der Waals surface area (Å²) in [7, 11) is 0. The molecule has 1 fully saturated rings. The van der Waals surface area contributed by atoms with Crippen molar-refractivity contribution in [1.29, 1.82) is 0 Å². The number of carbonyl (C=O) groups excluding carboxylic acids is 1. The second kappa shape index (κ2) is 8.58. The highest BCUT2D eigenvalue weighted by molar-refractivity contribution is 5.67. The van der Waals surface area contributed by atoms with Gasteiger partial charge in [-0.2, -0.15) is 0 Å². The van der Waals surface area contributed by atoms with Gasteiger partial charge in [-0.25, -0.2) is 14.8 Å². The Bertz CT molecular complexity index is 689. The van der Waals surface area contributed by atoms with Crippen molar-refractivity contribution >= 4 is 6.09 Å². The van der Waals surface area contributed by atoms with E-state index in [1.165, 1.54) is 0 Å². The fourth-order valence-corrected chi connectivity index (χ4v) is 2.73. The smallest absolute Gasteiger partial charge is 0.407 e. The predicted molar refractivity (Wildman–Crippen MR) is 95.8 cm³/mol. The minimum absolute atomic E-state index is 0.106. The minimum Gasteiger partial charge on any atom is -0.450 e. The van der Waals surface area contributed by atoms with E-state index in [9.17, 15) is 4.79 Å². The Balaban J connectivity index is 1.53. The number of benzene rings is 1. The molecule has 1 aliphatic rings. The molecule has 1 aliphatic carbocycles. The van der Waals surface area contributed by atoms with E-state index in [0.29, 0.717) is 25.6 Å². The van der Waals surface area contributed by atoms with Crippen molar-refractivity contribution in [3.8, 4) is 11.4 Å². The van der Waals surface area contributed by atoms with Gasteiger partial charge in [0.25, 0.3) is 0 Å². The third-order valence-corrected chi connectivity index (χ3v) is 4.19. The van der Waals surface area contributed by atoms with Gasteiger partial charge in [0.05, 0.1) is 12.3 Å². The summed E-state index contributed by atoms with van der Waals surface area (Å²) in [4.78, 5) is 20.6. The van der Waals surface area contributed by atoms with Gasteiger partial charge in [-0.15, -0.1) is 0 Å². The molecule has 1 saturated carbocycles. The molecule has 1 unspecified atom stereocenters. The zero-order valence-electron chi connectivity index (χ0n) is 14.4. The van der Waals surface area contributed by atoms with Crippen LogP contribution in [0.3, 0.4) is 0 Å². The summed E-state index contributed by atoms with van der Waals surface area (Å²) in [5.41, 5.74) is 1.93. The second-order valence-electron chi connectivity index (χ2n) is 6.18. The third-order valence-electron chi connectivity index (χ3n) is 4.19. The van der Waals surface area contributed by atoms with E-state index in [4.69, 9.17) is 4.74 Å². The Morgan fingerprint density at radius 3 is 2.80 bits per heavy atom. The van der Waals surface area contributed by atoms with Crippen molar-refractivity contribution in [1.82, 2.24) is 20.6 Å². The lowest BCUT2D eigenvalue weighted by Crippen LogP contribution is -2.43. The Kier molecular flexibility index (Phi) is 5.95. The molecule has 2 N–H and O–H groups in total. The predicted octanol–water partition coefficient (Wildman–Crippen LogP) is 2.76. The summed E-state index contributed by atoms with van der Waals surface area (Å²) in [5, 5.41) is 6.34. The quantitative estimate of drug-likeness (QED) is 0.773. The summed E-state index contributed by atoms with van der Waals surface area (Å²) in [5.74, 6) is 1.27. The van der Waals surface area contributed by atoms with Crippen molar-refractivity contribution in [2.45, 2.75) is 32.4 Å². The molecule has 0 bridgehead atoms. The van der Waals surface area contributed by atoms with E-state index >= 15 is 0 Å². The molecule has 1 atom stereocenters. The molecule has 2 aromatic rings. The number of nitrogens with one attached hydrogen (secondary N) is 2. The normalized spacial score (nSPS) is 14.8. The maximum atomic E-state index is 11.6. The largest absolute Gasteiger partial charge is 0.450 e. The second-order valence-corrected chi connectivity index (χ2v) is 6.18. The van der Waals surface area contributed by atoms with E-state index in [2.05, 4.69) is 20.6 Å². The minimum atomic E-state index is -0.338. The number of ether oxygens (including phenoxy) is 1. The molecule has 1 aromatic heterocycles. The topological polar surface area (TPSA) is 76.1 Å².